The van der Waals surface area contributed by atoms with E-state index in [2.05, 4.69) is 10.6 Å². The molecule has 0 radical (unpaired) electrons. The van der Waals surface area contributed by atoms with Crippen LogP contribution in [-0.4, -0.2) is 29.5 Å². The van der Waals surface area contributed by atoms with Crippen molar-refractivity contribution in [3.05, 3.63) is 12.2 Å². The largest absolute Gasteiger partial charge is 0.349 e. The number of nitrogens with one attached hydrogen (secondary N) is 2. The van der Waals surface area contributed by atoms with E-state index >= 15 is 0 Å². The monoisotopic (exact) mass is 298 g/mol. The summed E-state index contributed by atoms with van der Waals surface area (Å²) in [6.07, 6.45) is 9.85. The molecule has 5 heteroatoms. The van der Waals surface area contributed by atoms with Gasteiger partial charge >= 0.3 is 0 Å². The minimum atomic E-state index is -0.372. The zero-order valence-corrected chi connectivity index (χ0v) is 13.7. The third-order valence-corrected chi connectivity index (χ3v) is 3.83. The van der Waals surface area contributed by atoms with Crippen molar-refractivity contribution < 1.29 is 9.59 Å². The molecular formula is C15H26N2O2S. The second-order valence-electron chi connectivity index (χ2n) is 6.24. The quantitative estimate of drug-likeness (QED) is 0.770. The lowest BCUT2D eigenvalue weighted by Crippen LogP contribution is -2.41. The van der Waals surface area contributed by atoms with Crippen LogP contribution in [0.15, 0.2) is 12.2 Å². The predicted octanol–water partition coefficient (Wildman–Crippen LogP) is 3.09. The summed E-state index contributed by atoms with van der Waals surface area (Å²) in [6.45, 7) is 5.74. The number of carbonyl (C=O) groups excluding carboxylic acids is 2. The molecule has 1 aliphatic rings. The van der Waals surface area contributed by atoms with E-state index in [1.165, 1.54) is 11.8 Å². The van der Waals surface area contributed by atoms with Crippen LogP contribution in [0, 0.1) is 5.41 Å². The molecule has 2 atom stereocenters. The lowest BCUT2D eigenvalue weighted by Gasteiger charge is -2.25. The number of thioether (sulfide) groups is 1. The Hall–Kier alpha value is -0.970. The third kappa shape index (κ3) is 5.99. The Kier molecular flexibility index (Phi) is 6.59. The normalized spacial score (nSPS) is 25.2. The van der Waals surface area contributed by atoms with Crippen LogP contribution in [0.2, 0.25) is 0 Å². The van der Waals surface area contributed by atoms with Crippen molar-refractivity contribution in [1.82, 2.24) is 10.6 Å². The molecule has 0 fully saturated rings. The molecule has 2 amide bonds. The van der Waals surface area contributed by atoms with Crippen LogP contribution >= 0.6 is 11.8 Å². The molecule has 2 N–H and O–H groups in total. The summed E-state index contributed by atoms with van der Waals surface area (Å²) in [4.78, 5) is 23.4. The second kappa shape index (κ2) is 7.72. The molecule has 114 valence electrons. The van der Waals surface area contributed by atoms with Gasteiger partial charge in [0, 0.05) is 17.5 Å². The lowest BCUT2D eigenvalue weighted by molar-refractivity contribution is -0.129. The maximum absolute atomic E-state index is 12.0. The van der Waals surface area contributed by atoms with Gasteiger partial charge in [0.15, 0.2) is 0 Å². The summed E-state index contributed by atoms with van der Waals surface area (Å²) < 4.78 is 0. The lowest BCUT2D eigenvalue weighted by atomic mass is 9.94. The van der Waals surface area contributed by atoms with Crippen LogP contribution in [0.5, 0.6) is 0 Å². The number of hydrogen-bond donors (Lipinski definition) is 2. The Morgan fingerprint density at radius 2 is 1.55 bits per heavy atom. The molecule has 0 saturated heterocycles. The van der Waals surface area contributed by atoms with Gasteiger partial charge in [-0.1, -0.05) is 57.5 Å². The number of amides is 2. The first kappa shape index (κ1) is 17.1. The van der Waals surface area contributed by atoms with Crippen molar-refractivity contribution in [2.45, 2.75) is 58.5 Å². The van der Waals surface area contributed by atoms with E-state index in [-0.39, 0.29) is 28.6 Å². The van der Waals surface area contributed by atoms with Crippen LogP contribution in [0.25, 0.3) is 0 Å². The molecule has 4 nitrogen and oxygen atoms in total. The van der Waals surface area contributed by atoms with Gasteiger partial charge in [-0.25, -0.2) is 0 Å². The van der Waals surface area contributed by atoms with Crippen LogP contribution < -0.4 is 10.6 Å². The number of carbonyl (C=O) groups is 2. The highest BCUT2D eigenvalue weighted by atomic mass is 32.2. The van der Waals surface area contributed by atoms with Crippen molar-refractivity contribution in [2.24, 2.45) is 5.41 Å². The molecule has 1 aliphatic carbocycles. The molecule has 0 saturated carbocycles. The van der Waals surface area contributed by atoms with Crippen molar-refractivity contribution in [1.29, 1.82) is 0 Å². The van der Waals surface area contributed by atoms with Gasteiger partial charge < -0.3 is 10.6 Å². The molecule has 0 bridgehead atoms. The Morgan fingerprint density at radius 1 is 1.05 bits per heavy atom. The van der Waals surface area contributed by atoms with E-state index in [9.17, 15) is 9.59 Å². The summed E-state index contributed by atoms with van der Waals surface area (Å²) >= 11 is 1.19. The van der Waals surface area contributed by atoms with Crippen molar-refractivity contribution in [3.8, 4) is 0 Å². The smallest absolute Gasteiger partial charge is 0.279 e. The van der Waals surface area contributed by atoms with Crippen molar-refractivity contribution >= 4 is 22.9 Å². The highest BCUT2D eigenvalue weighted by molar-refractivity contribution is 8.12. The highest BCUT2D eigenvalue weighted by Gasteiger charge is 2.23. The molecule has 0 heterocycles. The van der Waals surface area contributed by atoms with Gasteiger partial charge in [0.05, 0.1) is 0 Å². The maximum atomic E-state index is 12.0. The van der Waals surface area contributed by atoms with E-state index in [0.717, 1.165) is 25.7 Å². The molecule has 0 aromatic carbocycles. The van der Waals surface area contributed by atoms with Gasteiger partial charge in [0.1, 0.15) is 0 Å². The zero-order chi connectivity index (χ0) is 15.2. The van der Waals surface area contributed by atoms with E-state index in [4.69, 9.17) is 0 Å². The minimum absolute atomic E-state index is 0.00417. The summed E-state index contributed by atoms with van der Waals surface area (Å²) in [7, 11) is 0. The first-order chi connectivity index (χ1) is 9.32. The topological polar surface area (TPSA) is 58.2 Å². The Labute approximate surface area is 126 Å². The maximum Gasteiger partial charge on any atom is 0.279 e. The first-order valence-electron chi connectivity index (χ1n) is 7.16. The average molecular weight is 298 g/mol. The molecule has 0 aromatic heterocycles. The SMILES string of the molecule is CSC(=O)NC1/C=C/C(NC(=O)C(C)(C)C)CCCC1. The van der Waals surface area contributed by atoms with Gasteiger partial charge in [-0.2, -0.15) is 0 Å². The highest BCUT2D eigenvalue weighted by Crippen LogP contribution is 2.17. The fourth-order valence-electron chi connectivity index (χ4n) is 2.02. The minimum Gasteiger partial charge on any atom is -0.349 e. The molecule has 2 unspecified atom stereocenters. The fraction of sp³-hybridized carbons (Fsp3) is 0.733. The van der Waals surface area contributed by atoms with E-state index < -0.39 is 0 Å². The van der Waals surface area contributed by atoms with Gasteiger partial charge in [-0.05, 0) is 19.1 Å². The van der Waals surface area contributed by atoms with Crippen molar-refractivity contribution in [2.75, 3.05) is 6.26 Å². The molecule has 0 aliphatic heterocycles. The Morgan fingerprint density at radius 3 is 2.00 bits per heavy atom. The van der Waals surface area contributed by atoms with Crippen LogP contribution in [-0.2, 0) is 4.79 Å². The number of rotatable bonds is 2. The third-order valence-electron chi connectivity index (χ3n) is 3.34. The summed E-state index contributed by atoms with van der Waals surface area (Å²) in [5.41, 5.74) is -0.372. The van der Waals surface area contributed by atoms with Gasteiger partial charge in [0.25, 0.3) is 5.24 Å². The van der Waals surface area contributed by atoms with E-state index in [1.54, 1.807) is 6.26 Å². The Balaban J connectivity index is 2.61. The van der Waals surface area contributed by atoms with E-state index in [1.807, 2.05) is 32.9 Å². The molecular weight excluding hydrogens is 272 g/mol. The van der Waals surface area contributed by atoms with Gasteiger partial charge in [-0.15, -0.1) is 0 Å². The molecule has 1 rings (SSSR count). The fourth-order valence-corrected chi connectivity index (χ4v) is 2.29. The second-order valence-corrected chi connectivity index (χ2v) is 7.02. The first-order valence-corrected chi connectivity index (χ1v) is 8.39. The number of hydrogen-bond acceptors (Lipinski definition) is 3. The van der Waals surface area contributed by atoms with Crippen molar-refractivity contribution in [3.63, 3.8) is 0 Å². The summed E-state index contributed by atoms with van der Waals surface area (Å²) in [6, 6.07) is 0.139. The average Bonchev–Trinajstić information content (AvgIpc) is 2.35. The zero-order valence-electron chi connectivity index (χ0n) is 12.9. The summed E-state index contributed by atoms with van der Waals surface area (Å²) in [5.74, 6) is 0.0671. The van der Waals surface area contributed by atoms with Gasteiger partial charge in [0.2, 0.25) is 5.91 Å². The molecule has 0 aromatic rings. The summed E-state index contributed by atoms with van der Waals surface area (Å²) in [5, 5.41) is 6.03. The van der Waals surface area contributed by atoms with Gasteiger partial charge in [-0.3, -0.25) is 9.59 Å². The van der Waals surface area contributed by atoms with Crippen LogP contribution in [0.4, 0.5) is 4.79 Å². The molecule has 0 spiro atoms. The Bertz CT molecular complexity index is 375. The molecule has 20 heavy (non-hydrogen) atoms. The van der Waals surface area contributed by atoms with E-state index in [0.29, 0.717) is 0 Å². The van der Waals surface area contributed by atoms with Crippen LogP contribution in [0.1, 0.15) is 46.5 Å². The van der Waals surface area contributed by atoms with Crippen LogP contribution in [0.3, 0.4) is 0 Å². The standard InChI is InChI=1S/C15H26N2O2S/c1-15(2,3)13(18)16-11-7-5-6-8-12(10-9-11)17-14(19)20-4/h9-12H,5-8H2,1-4H3,(H,16,18)(H,17,19)/b10-9+. The predicted molar refractivity (Wildman–Crippen MR) is 84.8 cm³/mol.